The minimum Gasteiger partial charge on any atom is -0.466 e. The van der Waals surface area contributed by atoms with Crippen molar-refractivity contribution in [1.29, 1.82) is 0 Å². The number of benzene rings is 2. The standard InChI is InChI=1S/C19H16N2O6S/c1-27-17(22)12-16-18(23)20(13-14-8-4-2-5-9-14)19(24)21(16)28(25,26)15-10-6-3-7-11-15/h2-12H,13H2,1H3/b16-12+. The van der Waals surface area contributed by atoms with Crippen LogP contribution in [-0.4, -0.2) is 42.6 Å². The highest BCUT2D eigenvalue weighted by molar-refractivity contribution is 7.89. The molecule has 1 aliphatic rings. The average molecular weight is 400 g/mol. The van der Waals surface area contributed by atoms with Gasteiger partial charge < -0.3 is 4.74 Å². The first-order valence-corrected chi connectivity index (χ1v) is 9.60. The Morgan fingerprint density at radius 1 is 1.00 bits per heavy atom. The Morgan fingerprint density at radius 3 is 2.14 bits per heavy atom. The molecule has 28 heavy (non-hydrogen) atoms. The van der Waals surface area contributed by atoms with Crippen LogP contribution in [0.5, 0.6) is 0 Å². The lowest BCUT2D eigenvalue weighted by molar-refractivity contribution is -0.135. The zero-order valence-electron chi connectivity index (χ0n) is 14.8. The summed E-state index contributed by atoms with van der Waals surface area (Å²) in [5.41, 5.74) is 0.0391. The van der Waals surface area contributed by atoms with Crippen LogP contribution in [0.3, 0.4) is 0 Å². The maximum atomic E-state index is 13.0. The molecule has 2 aromatic rings. The van der Waals surface area contributed by atoms with E-state index in [2.05, 4.69) is 4.74 Å². The second-order valence-electron chi connectivity index (χ2n) is 5.79. The van der Waals surface area contributed by atoms with Crippen molar-refractivity contribution in [3.8, 4) is 0 Å². The molecule has 0 atom stereocenters. The molecule has 9 heteroatoms. The summed E-state index contributed by atoms with van der Waals surface area (Å²) in [6.45, 7) is -0.141. The first-order chi connectivity index (χ1) is 13.4. The molecule has 0 aliphatic carbocycles. The van der Waals surface area contributed by atoms with E-state index in [9.17, 15) is 22.8 Å². The molecule has 0 N–H and O–H groups in total. The van der Waals surface area contributed by atoms with Gasteiger partial charge in [0.05, 0.1) is 24.6 Å². The predicted molar refractivity (Wildman–Crippen MR) is 98.0 cm³/mol. The number of rotatable bonds is 5. The van der Waals surface area contributed by atoms with E-state index >= 15 is 0 Å². The predicted octanol–water partition coefficient (Wildman–Crippen LogP) is 1.90. The minimum atomic E-state index is -4.40. The number of amides is 3. The summed E-state index contributed by atoms with van der Waals surface area (Å²) in [5, 5.41) is 0. The van der Waals surface area contributed by atoms with Crippen molar-refractivity contribution in [2.24, 2.45) is 0 Å². The van der Waals surface area contributed by atoms with Gasteiger partial charge in [-0.25, -0.2) is 18.0 Å². The molecule has 0 spiro atoms. The number of methoxy groups -OCH3 is 1. The molecule has 3 amide bonds. The monoisotopic (exact) mass is 400 g/mol. The number of hydrogen-bond donors (Lipinski definition) is 0. The Kier molecular flexibility index (Phi) is 5.27. The van der Waals surface area contributed by atoms with Crippen molar-refractivity contribution >= 4 is 27.9 Å². The van der Waals surface area contributed by atoms with Gasteiger partial charge in [-0.05, 0) is 17.7 Å². The van der Waals surface area contributed by atoms with Crippen molar-refractivity contribution in [1.82, 2.24) is 9.21 Å². The van der Waals surface area contributed by atoms with Crippen molar-refractivity contribution in [2.75, 3.05) is 7.11 Å². The van der Waals surface area contributed by atoms with Gasteiger partial charge in [-0.15, -0.1) is 0 Å². The van der Waals surface area contributed by atoms with Crippen molar-refractivity contribution in [2.45, 2.75) is 11.4 Å². The van der Waals surface area contributed by atoms with E-state index in [1.54, 1.807) is 36.4 Å². The van der Waals surface area contributed by atoms with Gasteiger partial charge in [0.15, 0.2) is 0 Å². The maximum absolute atomic E-state index is 13.0. The van der Waals surface area contributed by atoms with E-state index in [-0.39, 0.29) is 11.4 Å². The smallest absolute Gasteiger partial charge is 0.346 e. The highest BCUT2D eigenvalue weighted by atomic mass is 32.2. The Hall–Kier alpha value is -3.46. The Morgan fingerprint density at radius 2 is 1.57 bits per heavy atom. The zero-order chi connectivity index (χ0) is 20.3. The maximum Gasteiger partial charge on any atom is 0.346 e. The fourth-order valence-electron chi connectivity index (χ4n) is 2.65. The molecular weight excluding hydrogens is 384 g/mol. The zero-order valence-corrected chi connectivity index (χ0v) is 15.6. The molecule has 1 fully saturated rings. The van der Waals surface area contributed by atoms with Gasteiger partial charge in [0.2, 0.25) is 0 Å². The largest absolute Gasteiger partial charge is 0.466 e. The number of esters is 1. The molecule has 1 aliphatic heterocycles. The Bertz CT molecular complexity index is 1050. The van der Waals surface area contributed by atoms with Crippen LogP contribution in [0.2, 0.25) is 0 Å². The normalized spacial score (nSPS) is 16.0. The van der Waals surface area contributed by atoms with Crippen molar-refractivity contribution in [3.05, 3.63) is 78.0 Å². The van der Waals surface area contributed by atoms with Gasteiger partial charge in [-0.1, -0.05) is 48.5 Å². The molecule has 2 aromatic carbocycles. The SMILES string of the molecule is COC(=O)/C=C1\C(=O)N(Cc2ccccc2)C(=O)N1S(=O)(=O)c1ccccc1. The van der Waals surface area contributed by atoms with Crippen LogP contribution in [0, 0.1) is 0 Å². The summed E-state index contributed by atoms with van der Waals surface area (Å²) in [6, 6.07) is 14.7. The third kappa shape index (κ3) is 3.52. The van der Waals surface area contributed by atoms with E-state index in [4.69, 9.17) is 0 Å². The Balaban J connectivity index is 2.08. The first kappa shape index (κ1) is 19.3. The number of carbonyl (C=O) groups is 3. The quantitative estimate of drug-likeness (QED) is 0.432. The molecule has 1 saturated heterocycles. The first-order valence-electron chi connectivity index (χ1n) is 8.16. The van der Waals surface area contributed by atoms with Crippen molar-refractivity contribution in [3.63, 3.8) is 0 Å². The van der Waals surface area contributed by atoms with E-state index in [1.165, 1.54) is 24.3 Å². The van der Waals surface area contributed by atoms with Crippen LogP contribution in [-0.2, 0) is 30.9 Å². The average Bonchev–Trinajstić information content (AvgIpc) is 2.94. The van der Waals surface area contributed by atoms with Gasteiger partial charge in [0.1, 0.15) is 5.70 Å². The number of ether oxygens (including phenoxy) is 1. The van der Waals surface area contributed by atoms with E-state index in [0.717, 1.165) is 12.0 Å². The fraction of sp³-hybridized carbons (Fsp3) is 0.105. The fourth-order valence-corrected chi connectivity index (χ4v) is 4.06. The molecule has 0 saturated carbocycles. The highest BCUT2D eigenvalue weighted by Crippen LogP contribution is 2.30. The topological polar surface area (TPSA) is 101 Å². The van der Waals surface area contributed by atoms with Gasteiger partial charge in [0.25, 0.3) is 15.9 Å². The molecule has 0 bridgehead atoms. The molecule has 0 unspecified atom stereocenters. The molecule has 1 heterocycles. The summed E-state index contributed by atoms with van der Waals surface area (Å²) < 4.78 is 30.8. The summed E-state index contributed by atoms with van der Waals surface area (Å²) in [5.74, 6) is -1.86. The molecule has 144 valence electrons. The lowest BCUT2D eigenvalue weighted by Gasteiger charge is -2.17. The second-order valence-corrected chi connectivity index (χ2v) is 7.58. The highest BCUT2D eigenvalue weighted by Gasteiger charge is 2.48. The van der Waals surface area contributed by atoms with Crippen molar-refractivity contribution < 1.29 is 27.5 Å². The van der Waals surface area contributed by atoms with Crippen LogP contribution in [0.4, 0.5) is 4.79 Å². The molecule has 3 rings (SSSR count). The summed E-state index contributed by atoms with van der Waals surface area (Å²) >= 11 is 0. The number of carbonyl (C=O) groups excluding carboxylic acids is 3. The summed E-state index contributed by atoms with van der Waals surface area (Å²) in [7, 11) is -3.32. The molecule has 8 nitrogen and oxygen atoms in total. The lowest BCUT2D eigenvalue weighted by atomic mass is 10.2. The lowest BCUT2D eigenvalue weighted by Crippen LogP contribution is -2.36. The summed E-state index contributed by atoms with van der Waals surface area (Å²) in [6.07, 6.45) is 0.700. The molecule has 0 radical (unpaired) electrons. The van der Waals surface area contributed by atoms with E-state index in [1.807, 2.05) is 0 Å². The number of imide groups is 1. The van der Waals surface area contributed by atoms with Crippen LogP contribution in [0.15, 0.2) is 77.3 Å². The van der Waals surface area contributed by atoms with Crippen LogP contribution >= 0.6 is 0 Å². The van der Waals surface area contributed by atoms with Gasteiger partial charge in [-0.3, -0.25) is 9.69 Å². The molecule has 0 aromatic heterocycles. The van der Waals surface area contributed by atoms with Gasteiger partial charge in [-0.2, -0.15) is 4.31 Å². The number of sulfonamides is 1. The van der Waals surface area contributed by atoms with Gasteiger partial charge >= 0.3 is 12.0 Å². The number of urea groups is 1. The van der Waals surface area contributed by atoms with Crippen LogP contribution in [0.25, 0.3) is 0 Å². The van der Waals surface area contributed by atoms with E-state index in [0.29, 0.717) is 15.9 Å². The number of nitrogens with zero attached hydrogens (tertiary/aromatic N) is 2. The Labute approximate surface area is 161 Å². The second kappa shape index (κ2) is 7.65. The third-order valence-electron chi connectivity index (χ3n) is 4.01. The minimum absolute atomic E-state index is 0.141. The summed E-state index contributed by atoms with van der Waals surface area (Å²) in [4.78, 5) is 37.9. The van der Waals surface area contributed by atoms with Crippen LogP contribution < -0.4 is 0 Å². The third-order valence-corrected chi connectivity index (χ3v) is 5.71. The van der Waals surface area contributed by atoms with Crippen LogP contribution in [0.1, 0.15) is 5.56 Å². The number of hydrogen-bond acceptors (Lipinski definition) is 6. The van der Waals surface area contributed by atoms with E-state index < -0.39 is 33.6 Å². The molecular formula is C19H16N2O6S. The van der Waals surface area contributed by atoms with Gasteiger partial charge in [0, 0.05) is 0 Å².